The lowest BCUT2D eigenvalue weighted by Crippen LogP contribution is -2.46. The first-order valence-corrected chi connectivity index (χ1v) is 8.31. The Kier molecular flexibility index (Phi) is 11.7. The van der Waals surface area contributed by atoms with Gasteiger partial charge in [0.25, 0.3) is 0 Å². The number of nitrogens with one attached hydrogen (secondary N) is 2. The summed E-state index contributed by atoms with van der Waals surface area (Å²) in [4.78, 5) is 17.7. The Morgan fingerprint density at radius 1 is 1.27 bits per heavy atom. The number of carbonyl (C=O) groups is 1. The molecule has 1 aliphatic carbocycles. The lowest BCUT2D eigenvalue weighted by atomic mass is 9.84. The van der Waals surface area contributed by atoms with E-state index in [-0.39, 0.29) is 36.4 Å². The Morgan fingerprint density at radius 2 is 2.00 bits per heavy atom. The van der Waals surface area contributed by atoms with Crippen LogP contribution in [0.4, 0.5) is 0 Å². The van der Waals surface area contributed by atoms with Gasteiger partial charge in [-0.2, -0.15) is 0 Å². The number of amides is 1. The Bertz CT molecular complexity index is 347. The molecule has 1 amide bonds. The van der Waals surface area contributed by atoms with Crippen LogP contribution in [0, 0.1) is 5.92 Å². The van der Waals surface area contributed by atoms with Crippen LogP contribution in [-0.4, -0.2) is 50.0 Å². The largest absolute Gasteiger partial charge is 0.356 e. The number of hydrogen-bond donors (Lipinski definition) is 2. The summed E-state index contributed by atoms with van der Waals surface area (Å²) in [7, 11) is 3.52. The Morgan fingerprint density at radius 3 is 2.59 bits per heavy atom. The predicted octanol–water partition coefficient (Wildman–Crippen LogP) is 2.61. The number of guanidine groups is 1. The summed E-state index contributed by atoms with van der Waals surface area (Å²) >= 11 is 0. The van der Waals surface area contributed by atoms with Gasteiger partial charge < -0.3 is 15.5 Å². The second kappa shape index (κ2) is 12.0. The first kappa shape index (κ1) is 21.5. The molecule has 130 valence electrons. The highest BCUT2D eigenvalue weighted by molar-refractivity contribution is 14.0. The van der Waals surface area contributed by atoms with Gasteiger partial charge in [0, 0.05) is 26.7 Å². The lowest BCUT2D eigenvalue weighted by Gasteiger charge is -2.30. The van der Waals surface area contributed by atoms with Crippen molar-refractivity contribution in [2.24, 2.45) is 10.9 Å². The summed E-state index contributed by atoms with van der Waals surface area (Å²) in [6.45, 7) is 5.48. The van der Waals surface area contributed by atoms with Crippen molar-refractivity contribution < 1.29 is 4.79 Å². The van der Waals surface area contributed by atoms with Crippen LogP contribution in [0.3, 0.4) is 0 Å². The number of rotatable bonds is 6. The van der Waals surface area contributed by atoms with Crippen molar-refractivity contribution >= 4 is 35.8 Å². The fourth-order valence-corrected chi connectivity index (χ4v) is 2.67. The smallest absolute Gasteiger partial charge is 0.243 e. The normalized spacial score (nSPS) is 21.7. The quantitative estimate of drug-likeness (QED) is 0.392. The molecule has 0 aromatic heterocycles. The second-order valence-corrected chi connectivity index (χ2v) is 6.16. The van der Waals surface area contributed by atoms with Gasteiger partial charge in [0.2, 0.25) is 5.91 Å². The van der Waals surface area contributed by atoms with Crippen molar-refractivity contribution in [1.29, 1.82) is 0 Å². The van der Waals surface area contributed by atoms with Crippen LogP contribution in [0.1, 0.15) is 52.4 Å². The summed E-state index contributed by atoms with van der Waals surface area (Å²) in [6.07, 6.45) is 7.35. The average Bonchev–Trinajstić information content (AvgIpc) is 2.49. The molecule has 2 N–H and O–H groups in total. The van der Waals surface area contributed by atoms with Gasteiger partial charge in [-0.3, -0.25) is 4.79 Å². The summed E-state index contributed by atoms with van der Waals surface area (Å²) in [5.74, 6) is 1.64. The second-order valence-electron chi connectivity index (χ2n) is 6.16. The zero-order chi connectivity index (χ0) is 15.7. The van der Waals surface area contributed by atoms with Crippen LogP contribution in [0.2, 0.25) is 0 Å². The van der Waals surface area contributed by atoms with E-state index in [2.05, 4.69) is 29.5 Å². The van der Waals surface area contributed by atoms with Crippen molar-refractivity contribution in [3.8, 4) is 0 Å². The van der Waals surface area contributed by atoms with Crippen molar-refractivity contribution in [3.63, 3.8) is 0 Å². The van der Waals surface area contributed by atoms with E-state index in [0.29, 0.717) is 6.04 Å². The summed E-state index contributed by atoms with van der Waals surface area (Å²) in [5.41, 5.74) is 0. The lowest BCUT2D eigenvalue weighted by molar-refractivity contribution is -0.127. The molecule has 1 rings (SSSR count). The Balaban J connectivity index is 0.00000441. The fourth-order valence-electron chi connectivity index (χ4n) is 2.67. The highest BCUT2D eigenvalue weighted by Crippen LogP contribution is 2.26. The molecule has 0 spiro atoms. The zero-order valence-electron chi connectivity index (χ0n) is 14.5. The maximum absolute atomic E-state index is 11.7. The van der Waals surface area contributed by atoms with E-state index < -0.39 is 0 Å². The highest BCUT2D eigenvalue weighted by atomic mass is 127. The Hall–Kier alpha value is -0.530. The van der Waals surface area contributed by atoms with Crippen molar-refractivity contribution in [3.05, 3.63) is 0 Å². The first-order valence-electron chi connectivity index (χ1n) is 8.31. The highest BCUT2D eigenvalue weighted by Gasteiger charge is 2.21. The molecule has 1 saturated carbocycles. The third kappa shape index (κ3) is 8.19. The SMILES string of the molecule is CCCNC(=NCC(=O)N(C)C)NC1CCCC(CC)C1.I. The molecule has 0 aromatic carbocycles. The van der Waals surface area contributed by atoms with Crippen LogP contribution in [0.25, 0.3) is 0 Å². The van der Waals surface area contributed by atoms with E-state index in [4.69, 9.17) is 0 Å². The molecule has 0 saturated heterocycles. The average molecular weight is 424 g/mol. The van der Waals surface area contributed by atoms with E-state index in [9.17, 15) is 4.79 Å². The zero-order valence-corrected chi connectivity index (χ0v) is 16.9. The van der Waals surface area contributed by atoms with Gasteiger partial charge in [-0.25, -0.2) is 4.99 Å². The molecule has 2 atom stereocenters. The fraction of sp³-hybridized carbons (Fsp3) is 0.875. The molecule has 0 bridgehead atoms. The standard InChI is InChI=1S/C16H32N4O.HI/c1-5-10-17-16(18-12-15(21)20(3)4)19-14-9-7-8-13(6-2)11-14;/h13-14H,5-12H2,1-4H3,(H2,17,18,19);1H. The topological polar surface area (TPSA) is 56.7 Å². The monoisotopic (exact) mass is 424 g/mol. The molecule has 22 heavy (non-hydrogen) atoms. The van der Waals surface area contributed by atoms with Crippen LogP contribution in [0.5, 0.6) is 0 Å². The van der Waals surface area contributed by atoms with Crippen molar-refractivity contribution in [2.45, 2.75) is 58.4 Å². The minimum absolute atomic E-state index is 0. The van der Waals surface area contributed by atoms with E-state index in [1.165, 1.54) is 32.1 Å². The summed E-state index contributed by atoms with van der Waals surface area (Å²) < 4.78 is 0. The van der Waals surface area contributed by atoms with Gasteiger partial charge in [-0.1, -0.05) is 33.1 Å². The molecule has 0 heterocycles. The van der Waals surface area contributed by atoms with Crippen LogP contribution >= 0.6 is 24.0 Å². The van der Waals surface area contributed by atoms with E-state index in [1.54, 1.807) is 19.0 Å². The maximum Gasteiger partial charge on any atom is 0.243 e. The summed E-state index contributed by atoms with van der Waals surface area (Å²) in [5, 5.41) is 6.83. The molecule has 0 aliphatic heterocycles. The number of nitrogens with zero attached hydrogens (tertiary/aromatic N) is 2. The molecule has 0 radical (unpaired) electrons. The number of aliphatic imine (C=N–C) groups is 1. The molecule has 2 unspecified atom stereocenters. The Labute approximate surface area is 152 Å². The molecule has 1 fully saturated rings. The van der Waals surface area contributed by atoms with Gasteiger partial charge in [0.15, 0.2) is 5.96 Å². The number of halogens is 1. The van der Waals surface area contributed by atoms with E-state index in [1.807, 2.05) is 0 Å². The van der Waals surface area contributed by atoms with Gasteiger partial charge in [0.1, 0.15) is 6.54 Å². The molecule has 1 aliphatic rings. The van der Waals surface area contributed by atoms with Gasteiger partial charge >= 0.3 is 0 Å². The van der Waals surface area contributed by atoms with Crippen LogP contribution in [0.15, 0.2) is 4.99 Å². The number of hydrogen-bond acceptors (Lipinski definition) is 2. The molecule has 0 aromatic rings. The van der Waals surface area contributed by atoms with Crippen LogP contribution in [-0.2, 0) is 4.79 Å². The first-order chi connectivity index (χ1) is 10.1. The van der Waals surface area contributed by atoms with Crippen LogP contribution < -0.4 is 10.6 Å². The molecule has 5 nitrogen and oxygen atoms in total. The molecule has 6 heteroatoms. The van der Waals surface area contributed by atoms with Crippen molar-refractivity contribution in [1.82, 2.24) is 15.5 Å². The van der Waals surface area contributed by atoms with E-state index >= 15 is 0 Å². The maximum atomic E-state index is 11.7. The molecular formula is C16H33IN4O. The molecular weight excluding hydrogens is 391 g/mol. The van der Waals surface area contributed by atoms with Gasteiger partial charge in [0.05, 0.1) is 0 Å². The number of likely N-dealkylation sites (N-methyl/N-ethyl adjacent to an activating group) is 1. The predicted molar refractivity (Wildman–Crippen MR) is 104 cm³/mol. The third-order valence-corrected chi connectivity index (χ3v) is 4.11. The minimum atomic E-state index is 0. The minimum Gasteiger partial charge on any atom is -0.356 e. The van der Waals surface area contributed by atoms with Gasteiger partial charge in [-0.15, -0.1) is 24.0 Å². The summed E-state index contributed by atoms with van der Waals surface area (Å²) in [6, 6.07) is 0.487. The van der Waals surface area contributed by atoms with E-state index in [0.717, 1.165) is 24.8 Å². The van der Waals surface area contributed by atoms with Gasteiger partial charge in [-0.05, 0) is 25.2 Å². The van der Waals surface area contributed by atoms with Crippen molar-refractivity contribution in [2.75, 3.05) is 27.2 Å². The third-order valence-electron chi connectivity index (χ3n) is 4.11. The number of carbonyl (C=O) groups excluding carboxylic acids is 1.